The summed E-state index contributed by atoms with van der Waals surface area (Å²) in [5, 5.41) is 24.3. The van der Waals surface area contributed by atoms with Crippen molar-refractivity contribution in [2.24, 2.45) is 0 Å². The zero-order valence-corrected chi connectivity index (χ0v) is 17.5. The summed E-state index contributed by atoms with van der Waals surface area (Å²) in [5.74, 6) is -0.0996. The molecule has 2 heterocycles. The van der Waals surface area contributed by atoms with Crippen LogP contribution in [-0.2, 0) is 17.8 Å². The van der Waals surface area contributed by atoms with E-state index in [2.05, 4.69) is 10.2 Å². The molecule has 0 saturated heterocycles. The van der Waals surface area contributed by atoms with E-state index in [4.69, 9.17) is 21.4 Å². The quantitative estimate of drug-likeness (QED) is 0.517. The number of ketones is 1. The van der Waals surface area contributed by atoms with Crippen molar-refractivity contribution >= 4 is 23.0 Å². The zero-order valence-electron chi connectivity index (χ0n) is 16.7. The van der Waals surface area contributed by atoms with Crippen LogP contribution >= 0.6 is 11.6 Å². The number of rotatable bonds is 4. The molecule has 1 N–H and O–H groups in total. The number of benzene rings is 2. The predicted molar refractivity (Wildman–Crippen MR) is 115 cm³/mol. The van der Waals surface area contributed by atoms with E-state index >= 15 is 0 Å². The number of nitrogens with zero attached hydrogens (tertiary/aromatic N) is 4. The summed E-state index contributed by atoms with van der Waals surface area (Å²) in [5.41, 5.74) is 4.59. The smallest absolute Gasteiger partial charge is 0.185 e. The van der Waals surface area contributed by atoms with Crippen LogP contribution in [0.2, 0.25) is 5.02 Å². The van der Waals surface area contributed by atoms with Gasteiger partial charge in [-0.25, -0.2) is 4.52 Å². The Morgan fingerprint density at radius 1 is 1.16 bits per heavy atom. The number of halogens is 1. The Morgan fingerprint density at radius 2 is 2.00 bits per heavy atom. The average Bonchev–Trinajstić information content (AvgIpc) is 3.13. The van der Waals surface area contributed by atoms with Crippen molar-refractivity contribution < 1.29 is 14.6 Å². The van der Waals surface area contributed by atoms with E-state index in [1.165, 1.54) is 0 Å². The van der Waals surface area contributed by atoms with Crippen molar-refractivity contribution in [3.63, 3.8) is 0 Å². The van der Waals surface area contributed by atoms with E-state index in [0.29, 0.717) is 34.2 Å². The Labute approximate surface area is 183 Å². The summed E-state index contributed by atoms with van der Waals surface area (Å²) in [6.45, 7) is 0.275. The lowest BCUT2D eigenvalue weighted by Crippen LogP contribution is -2.24. The highest BCUT2D eigenvalue weighted by Gasteiger charge is 2.32. The van der Waals surface area contributed by atoms with Gasteiger partial charge in [-0.2, -0.15) is 5.10 Å². The molecule has 0 radical (unpaired) electrons. The first-order valence-corrected chi connectivity index (χ1v) is 10.3. The first-order chi connectivity index (χ1) is 15.1. The first kappa shape index (κ1) is 19.7. The fourth-order valence-corrected chi connectivity index (χ4v) is 4.44. The molecule has 1 aliphatic carbocycles. The molecule has 2 aromatic heterocycles. The molecule has 4 aromatic rings. The lowest BCUT2D eigenvalue weighted by atomic mass is 9.83. The molecule has 0 unspecified atom stereocenters. The highest BCUT2D eigenvalue weighted by atomic mass is 35.5. The third-order valence-electron chi connectivity index (χ3n) is 5.61. The van der Waals surface area contributed by atoms with Gasteiger partial charge in [-0.15, -0.1) is 10.2 Å². The van der Waals surface area contributed by atoms with E-state index in [-0.39, 0.29) is 30.5 Å². The number of carbonyl (C=O) groups is 1. The number of ether oxygens (including phenoxy) is 1. The van der Waals surface area contributed by atoms with Gasteiger partial charge in [-0.3, -0.25) is 4.79 Å². The normalized spacial score (nSPS) is 15.9. The number of fused-ring (bicyclic) bond motifs is 3. The van der Waals surface area contributed by atoms with Crippen molar-refractivity contribution in [1.82, 2.24) is 19.8 Å². The molecule has 0 saturated carbocycles. The molecular weight excluding hydrogens is 416 g/mol. The van der Waals surface area contributed by atoms with Gasteiger partial charge in [0, 0.05) is 24.5 Å². The van der Waals surface area contributed by atoms with Gasteiger partial charge in [0.2, 0.25) is 0 Å². The number of para-hydroxylation sites is 1. The van der Waals surface area contributed by atoms with Gasteiger partial charge in [0.15, 0.2) is 17.1 Å². The topological polar surface area (TPSA) is 89.6 Å². The van der Waals surface area contributed by atoms with Crippen LogP contribution < -0.4 is 0 Å². The number of carbonyl (C=O) groups excluding carboxylic acids is 1. The monoisotopic (exact) mass is 434 g/mol. The highest BCUT2D eigenvalue weighted by molar-refractivity contribution is 6.30. The number of methoxy groups -OCH3 is 1. The van der Waals surface area contributed by atoms with E-state index < -0.39 is 0 Å². The molecule has 2 aromatic carbocycles. The largest absolute Gasteiger partial charge is 0.508 e. The number of aromatic hydroxyl groups is 1. The van der Waals surface area contributed by atoms with E-state index in [0.717, 1.165) is 16.7 Å². The summed E-state index contributed by atoms with van der Waals surface area (Å²) < 4.78 is 7.06. The number of Topliss-reactive ketones (excluding diaryl/α,β-unsaturated/α-hetero) is 1. The van der Waals surface area contributed by atoms with E-state index in [1.807, 2.05) is 30.3 Å². The number of hydrogen-bond acceptors (Lipinski definition) is 6. The Balaban J connectivity index is 1.70. The van der Waals surface area contributed by atoms with Crippen LogP contribution in [-0.4, -0.2) is 37.8 Å². The minimum Gasteiger partial charge on any atom is -0.508 e. The Bertz CT molecular complexity index is 1320. The van der Waals surface area contributed by atoms with Crippen LogP contribution in [0, 0.1) is 0 Å². The minimum atomic E-state index is -0.168. The maximum Gasteiger partial charge on any atom is 0.185 e. The zero-order chi connectivity index (χ0) is 21.5. The molecule has 8 heteroatoms. The number of hydrogen-bond donors (Lipinski definition) is 1. The van der Waals surface area contributed by atoms with Crippen molar-refractivity contribution in [2.45, 2.75) is 25.4 Å². The summed E-state index contributed by atoms with van der Waals surface area (Å²) in [6, 6.07) is 14.5. The van der Waals surface area contributed by atoms with Gasteiger partial charge in [0.1, 0.15) is 5.75 Å². The molecule has 0 fully saturated rings. The van der Waals surface area contributed by atoms with Crippen LogP contribution in [0.1, 0.15) is 39.8 Å². The summed E-state index contributed by atoms with van der Waals surface area (Å²) in [4.78, 5) is 12.9. The number of aromatic nitrogens is 4. The Morgan fingerprint density at radius 3 is 2.77 bits per heavy atom. The second kappa shape index (κ2) is 7.76. The van der Waals surface area contributed by atoms with Gasteiger partial charge >= 0.3 is 0 Å². The minimum absolute atomic E-state index is 0.114. The van der Waals surface area contributed by atoms with Gasteiger partial charge in [0.25, 0.3) is 0 Å². The molecule has 0 spiro atoms. The maximum absolute atomic E-state index is 12.9. The van der Waals surface area contributed by atoms with Gasteiger partial charge in [-0.1, -0.05) is 41.9 Å². The van der Waals surface area contributed by atoms with Crippen molar-refractivity contribution in [2.75, 3.05) is 7.11 Å². The third kappa shape index (κ3) is 3.36. The molecule has 1 aliphatic rings. The van der Waals surface area contributed by atoms with Gasteiger partial charge < -0.3 is 9.84 Å². The van der Waals surface area contributed by atoms with E-state index in [9.17, 15) is 9.90 Å². The Hall–Kier alpha value is -3.29. The maximum atomic E-state index is 12.9. The fourth-order valence-electron chi connectivity index (χ4n) is 4.24. The third-order valence-corrected chi connectivity index (χ3v) is 5.85. The van der Waals surface area contributed by atoms with Crippen LogP contribution in [0.4, 0.5) is 0 Å². The molecule has 0 bridgehead atoms. The number of phenolic OH excluding ortho intramolecular Hbond substituents is 1. The lowest BCUT2D eigenvalue weighted by molar-refractivity contribution is 0.0955. The molecule has 0 aliphatic heterocycles. The number of phenols is 1. The second-order valence-electron chi connectivity index (χ2n) is 7.58. The molecule has 7 nitrogen and oxygen atoms in total. The van der Waals surface area contributed by atoms with Crippen LogP contribution in [0.3, 0.4) is 0 Å². The standard InChI is InChI=1S/C23H19ClN4O3/c1-31-12-17-21(13-5-4-6-15(24)9-13)23-26-25-22-18(28(23)27-17)10-14(11-20(22)30)16-7-2-3-8-19(16)29/h2-9,14,29H,10-12H2,1H3/t14-/m0/s1. The molecular formula is C23H19ClN4O3. The first-order valence-electron chi connectivity index (χ1n) is 9.90. The van der Waals surface area contributed by atoms with Crippen molar-refractivity contribution in [3.05, 3.63) is 76.2 Å². The van der Waals surface area contributed by atoms with Gasteiger partial charge in [-0.05, 0) is 35.7 Å². The molecule has 5 rings (SSSR count). The van der Waals surface area contributed by atoms with Crippen LogP contribution in [0.25, 0.3) is 16.8 Å². The molecule has 156 valence electrons. The SMILES string of the molecule is COCc1nn2c3c(nnc2c1-c1cccc(Cl)c1)C(=O)C[C@@H](c1ccccc1O)C3. The van der Waals surface area contributed by atoms with Crippen molar-refractivity contribution in [3.8, 4) is 16.9 Å². The lowest BCUT2D eigenvalue weighted by Gasteiger charge is -2.23. The molecule has 1 atom stereocenters. The summed E-state index contributed by atoms with van der Waals surface area (Å²) in [7, 11) is 1.60. The van der Waals surface area contributed by atoms with Crippen LogP contribution in [0.5, 0.6) is 5.75 Å². The summed E-state index contributed by atoms with van der Waals surface area (Å²) in [6.07, 6.45) is 0.770. The highest BCUT2D eigenvalue weighted by Crippen LogP contribution is 2.37. The predicted octanol–water partition coefficient (Wildman–Crippen LogP) is 4.21. The fraction of sp³-hybridized carbons (Fsp3) is 0.217. The van der Waals surface area contributed by atoms with Gasteiger partial charge in [0.05, 0.1) is 23.6 Å². The van der Waals surface area contributed by atoms with Crippen molar-refractivity contribution in [1.29, 1.82) is 0 Å². The Kier molecular flexibility index (Phi) is 4.92. The second-order valence-corrected chi connectivity index (χ2v) is 8.02. The summed E-state index contributed by atoms with van der Waals surface area (Å²) >= 11 is 6.22. The van der Waals surface area contributed by atoms with Crippen LogP contribution in [0.15, 0.2) is 48.5 Å². The molecule has 0 amide bonds. The average molecular weight is 435 g/mol. The molecule has 31 heavy (non-hydrogen) atoms. The van der Waals surface area contributed by atoms with E-state index in [1.54, 1.807) is 29.8 Å².